The summed E-state index contributed by atoms with van der Waals surface area (Å²) < 4.78 is 13.3. The smallest absolute Gasteiger partial charge is 0.194 e. The minimum absolute atomic E-state index is 0.00907. The number of aromatic hydroxyl groups is 2. The number of aryl methyl sites for hydroxylation is 1. The van der Waals surface area contributed by atoms with Gasteiger partial charge in [0.25, 0.3) is 0 Å². The Labute approximate surface area is 76.6 Å². The van der Waals surface area contributed by atoms with Crippen molar-refractivity contribution in [1.82, 2.24) is 0 Å². The zero-order valence-electron chi connectivity index (χ0n) is 7.93. The Balaban J connectivity index is 3.41. The predicted molar refractivity (Wildman–Crippen MR) is 48.6 cm³/mol. The van der Waals surface area contributed by atoms with Gasteiger partial charge >= 0.3 is 0 Å². The molecule has 0 saturated carbocycles. The Hall–Kier alpha value is -1.25. The maximum absolute atomic E-state index is 13.3. The Kier molecular flexibility index (Phi) is 2.45. The van der Waals surface area contributed by atoms with Gasteiger partial charge in [-0.05, 0) is 30.0 Å². The van der Waals surface area contributed by atoms with E-state index in [2.05, 4.69) is 0 Å². The van der Waals surface area contributed by atoms with Crippen molar-refractivity contribution >= 4 is 0 Å². The third-order valence-electron chi connectivity index (χ3n) is 2.05. The van der Waals surface area contributed by atoms with Crippen LogP contribution in [0.25, 0.3) is 0 Å². The average Bonchev–Trinajstić information content (AvgIpc) is 2.07. The molecular formula is C10H13FO2. The molecule has 0 aliphatic rings. The van der Waals surface area contributed by atoms with Crippen LogP contribution in [0.1, 0.15) is 30.9 Å². The Morgan fingerprint density at radius 3 is 2.23 bits per heavy atom. The largest absolute Gasteiger partial charge is 0.504 e. The molecule has 0 aliphatic heterocycles. The second-order valence-corrected chi connectivity index (χ2v) is 3.45. The summed E-state index contributed by atoms with van der Waals surface area (Å²) >= 11 is 0. The number of phenols is 2. The third kappa shape index (κ3) is 1.59. The number of rotatable bonds is 1. The van der Waals surface area contributed by atoms with Gasteiger partial charge in [0.2, 0.25) is 0 Å². The van der Waals surface area contributed by atoms with Gasteiger partial charge in [-0.25, -0.2) is 4.39 Å². The van der Waals surface area contributed by atoms with Crippen LogP contribution in [0.3, 0.4) is 0 Å². The van der Waals surface area contributed by atoms with Crippen molar-refractivity contribution in [2.75, 3.05) is 0 Å². The molecule has 0 amide bonds. The molecule has 13 heavy (non-hydrogen) atoms. The molecule has 2 nitrogen and oxygen atoms in total. The summed E-state index contributed by atoms with van der Waals surface area (Å²) in [5.74, 6) is -1.76. The maximum atomic E-state index is 13.3. The second kappa shape index (κ2) is 3.24. The molecule has 0 radical (unpaired) electrons. The van der Waals surface area contributed by atoms with Crippen LogP contribution < -0.4 is 0 Å². The van der Waals surface area contributed by atoms with Gasteiger partial charge in [0.1, 0.15) is 0 Å². The van der Waals surface area contributed by atoms with E-state index in [9.17, 15) is 14.6 Å². The van der Waals surface area contributed by atoms with E-state index in [0.29, 0.717) is 11.1 Å². The maximum Gasteiger partial charge on any atom is 0.194 e. The van der Waals surface area contributed by atoms with Gasteiger partial charge < -0.3 is 10.2 Å². The third-order valence-corrected chi connectivity index (χ3v) is 2.05. The van der Waals surface area contributed by atoms with Crippen LogP contribution in [-0.4, -0.2) is 10.2 Å². The van der Waals surface area contributed by atoms with Crippen LogP contribution in [0.15, 0.2) is 6.07 Å². The van der Waals surface area contributed by atoms with Crippen molar-refractivity contribution in [1.29, 1.82) is 0 Å². The van der Waals surface area contributed by atoms with Crippen molar-refractivity contribution in [3.63, 3.8) is 0 Å². The molecule has 0 heterocycles. The van der Waals surface area contributed by atoms with Crippen molar-refractivity contribution in [3.8, 4) is 11.5 Å². The minimum Gasteiger partial charge on any atom is -0.504 e. The standard InChI is InChI=1S/C10H13FO2/c1-5(2)7-4-6(3)9(12)10(13)8(7)11/h4-5,12-13H,1-3H3. The van der Waals surface area contributed by atoms with E-state index in [-0.39, 0.29) is 11.7 Å². The zero-order chi connectivity index (χ0) is 10.2. The second-order valence-electron chi connectivity index (χ2n) is 3.45. The van der Waals surface area contributed by atoms with Crippen molar-refractivity contribution in [3.05, 3.63) is 23.0 Å². The molecule has 0 unspecified atom stereocenters. The number of hydrogen-bond donors (Lipinski definition) is 2. The fourth-order valence-electron chi connectivity index (χ4n) is 1.21. The molecule has 3 heteroatoms. The quantitative estimate of drug-likeness (QED) is 0.659. The van der Waals surface area contributed by atoms with Gasteiger partial charge in [-0.3, -0.25) is 0 Å². The first kappa shape index (κ1) is 9.84. The highest BCUT2D eigenvalue weighted by molar-refractivity contribution is 5.48. The van der Waals surface area contributed by atoms with Gasteiger partial charge in [0.05, 0.1) is 0 Å². The zero-order valence-corrected chi connectivity index (χ0v) is 7.93. The van der Waals surface area contributed by atoms with E-state index < -0.39 is 11.6 Å². The first-order chi connectivity index (χ1) is 5.95. The summed E-state index contributed by atoms with van der Waals surface area (Å²) in [5.41, 5.74) is 0.912. The van der Waals surface area contributed by atoms with Gasteiger partial charge in [0, 0.05) is 0 Å². The average molecular weight is 184 g/mol. The lowest BCUT2D eigenvalue weighted by molar-refractivity contribution is 0.373. The van der Waals surface area contributed by atoms with Gasteiger partial charge in [0.15, 0.2) is 17.3 Å². The highest BCUT2D eigenvalue weighted by Crippen LogP contribution is 2.35. The molecule has 0 atom stereocenters. The molecule has 0 aromatic heterocycles. The summed E-state index contributed by atoms with van der Waals surface area (Å²) in [6.45, 7) is 5.28. The molecule has 1 aromatic carbocycles. The lowest BCUT2D eigenvalue weighted by Gasteiger charge is -2.11. The highest BCUT2D eigenvalue weighted by Gasteiger charge is 2.16. The van der Waals surface area contributed by atoms with Crippen molar-refractivity contribution in [2.45, 2.75) is 26.7 Å². The van der Waals surface area contributed by atoms with E-state index in [1.807, 2.05) is 13.8 Å². The summed E-state index contributed by atoms with van der Waals surface area (Å²) in [7, 11) is 0. The van der Waals surface area contributed by atoms with E-state index in [1.165, 1.54) is 0 Å². The number of halogens is 1. The summed E-state index contributed by atoms with van der Waals surface area (Å²) in [6, 6.07) is 1.55. The fourth-order valence-corrected chi connectivity index (χ4v) is 1.21. The molecule has 0 aliphatic carbocycles. The fraction of sp³-hybridized carbons (Fsp3) is 0.400. The minimum atomic E-state index is -0.724. The lowest BCUT2D eigenvalue weighted by atomic mass is 9.99. The van der Waals surface area contributed by atoms with Crippen LogP contribution in [0.2, 0.25) is 0 Å². The monoisotopic (exact) mass is 184 g/mol. The van der Waals surface area contributed by atoms with Gasteiger partial charge in [-0.1, -0.05) is 13.8 Å². The van der Waals surface area contributed by atoms with Crippen LogP contribution in [-0.2, 0) is 0 Å². The predicted octanol–water partition coefficient (Wildman–Crippen LogP) is 2.67. The molecule has 0 fully saturated rings. The van der Waals surface area contributed by atoms with E-state index in [4.69, 9.17) is 0 Å². The Morgan fingerprint density at radius 2 is 1.77 bits per heavy atom. The highest BCUT2D eigenvalue weighted by atomic mass is 19.1. The topological polar surface area (TPSA) is 40.5 Å². The normalized spacial score (nSPS) is 10.8. The van der Waals surface area contributed by atoms with Crippen LogP contribution in [0.4, 0.5) is 4.39 Å². The van der Waals surface area contributed by atoms with Crippen LogP contribution in [0.5, 0.6) is 11.5 Å². The first-order valence-corrected chi connectivity index (χ1v) is 4.16. The van der Waals surface area contributed by atoms with Gasteiger partial charge in [-0.2, -0.15) is 0 Å². The molecule has 1 aromatic rings. The molecule has 0 bridgehead atoms. The number of benzene rings is 1. The molecule has 2 N–H and O–H groups in total. The van der Waals surface area contributed by atoms with E-state index in [0.717, 1.165) is 0 Å². The summed E-state index contributed by atoms with van der Waals surface area (Å²) in [6.07, 6.45) is 0. The molecule has 0 saturated heterocycles. The van der Waals surface area contributed by atoms with Crippen LogP contribution >= 0.6 is 0 Å². The molecule has 72 valence electrons. The summed E-state index contributed by atoms with van der Waals surface area (Å²) in [4.78, 5) is 0. The molecule has 1 rings (SSSR count). The van der Waals surface area contributed by atoms with Crippen molar-refractivity contribution in [2.24, 2.45) is 0 Å². The van der Waals surface area contributed by atoms with E-state index in [1.54, 1.807) is 13.0 Å². The van der Waals surface area contributed by atoms with Gasteiger partial charge in [-0.15, -0.1) is 0 Å². The van der Waals surface area contributed by atoms with Crippen molar-refractivity contribution < 1.29 is 14.6 Å². The molecule has 0 spiro atoms. The number of hydrogen-bond acceptors (Lipinski definition) is 2. The Morgan fingerprint density at radius 1 is 1.23 bits per heavy atom. The number of phenolic OH excluding ortho intramolecular Hbond substituents is 2. The van der Waals surface area contributed by atoms with Crippen LogP contribution in [0, 0.1) is 12.7 Å². The SMILES string of the molecule is Cc1cc(C(C)C)c(F)c(O)c1O. The Bertz CT molecular complexity index is 332. The summed E-state index contributed by atoms with van der Waals surface area (Å²) in [5, 5.41) is 18.4. The lowest BCUT2D eigenvalue weighted by Crippen LogP contribution is -1.95. The molecular weight excluding hydrogens is 171 g/mol. The van der Waals surface area contributed by atoms with E-state index >= 15 is 0 Å². The first-order valence-electron chi connectivity index (χ1n) is 4.16.